The van der Waals surface area contributed by atoms with E-state index in [0.29, 0.717) is 10.9 Å². The normalized spacial score (nSPS) is 12.1. The van der Waals surface area contributed by atoms with Crippen LogP contribution in [0.5, 0.6) is 0 Å². The Morgan fingerprint density at radius 1 is 1.60 bits per heavy atom. The van der Waals surface area contributed by atoms with Crippen LogP contribution in [-0.2, 0) is 6.54 Å². The Labute approximate surface area is 101 Å². The van der Waals surface area contributed by atoms with Crippen molar-refractivity contribution >= 4 is 28.8 Å². The van der Waals surface area contributed by atoms with Crippen molar-refractivity contribution < 1.29 is 0 Å². The zero-order chi connectivity index (χ0) is 11.3. The van der Waals surface area contributed by atoms with Crippen LogP contribution in [-0.4, -0.2) is 15.7 Å². The molecule has 2 nitrogen and oxygen atoms in total. The van der Waals surface area contributed by atoms with Crippen LogP contribution in [0.25, 0.3) is 5.57 Å². The molecule has 1 aromatic heterocycles. The second kappa shape index (κ2) is 6.19. The third-order valence-corrected chi connectivity index (χ3v) is 2.66. The van der Waals surface area contributed by atoms with Crippen molar-refractivity contribution in [3.05, 3.63) is 23.0 Å². The molecular formula is C11H16Cl2N2. The zero-order valence-electron chi connectivity index (χ0n) is 9.13. The van der Waals surface area contributed by atoms with Gasteiger partial charge in [0.25, 0.3) is 0 Å². The molecule has 0 bridgehead atoms. The number of allylic oxidation sites excluding steroid dienone is 2. The van der Waals surface area contributed by atoms with Gasteiger partial charge in [0.1, 0.15) is 0 Å². The van der Waals surface area contributed by atoms with E-state index in [4.69, 9.17) is 23.2 Å². The van der Waals surface area contributed by atoms with Gasteiger partial charge in [-0.2, -0.15) is 5.10 Å². The molecule has 0 aliphatic carbocycles. The Bertz CT molecular complexity index is 342. The van der Waals surface area contributed by atoms with E-state index in [2.05, 4.69) is 18.1 Å². The Balaban J connectivity index is 2.95. The summed E-state index contributed by atoms with van der Waals surface area (Å²) in [6.07, 6.45) is 5.71. The van der Waals surface area contributed by atoms with Crippen LogP contribution in [0.3, 0.4) is 0 Å². The van der Waals surface area contributed by atoms with E-state index in [9.17, 15) is 0 Å². The van der Waals surface area contributed by atoms with E-state index in [1.54, 1.807) is 6.20 Å². The molecule has 1 aromatic rings. The molecule has 0 saturated carbocycles. The largest absolute Gasteiger partial charge is 0.264 e. The molecule has 15 heavy (non-hydrogen) atoms. The molecule has 0 fully saturated rings. The first-order valence-electron chi connectivity index (χ1n) is 5.15. The molecule has 0 atom stereocenters. The zero-order valence-corrected chi connectivity index (χ0v) is 10.6. The maximum atomic E-state index is 6.10. The van der Waals surface area contributed by atoms with Crippen LogP contribution in [0.15, 0.2) is 12.3 Å². The van der Waals surface area contributed by atoms with Crippen molar-refractivity contribution in [2.24, 2.45) is 0 Å². The minimum absolute atomic E-state index is 0.636. The fourth-order valence-corrected chi connectivity index (χ4v) is 1.90. The van der Waals surface area contributed by atoms with Gasteiger partial charge < -0.3 is 0 Å². The van der Waals surface area contributed by atoms with Crippen LogP contribution >= 0.6 is 23.2 Å². The number of nitrogens with zero attached hydrogens (tertiary/aromatic N) is 2. The van der Waals surface area contributed by atoms with Gasteiger partial charge in [0.15, 0.2) is 0 Å². The van der Waals surface area contributed by atoms with Crippen molar-refractivity contribution in [1.29, 1.82) is 0 Å². The molecule has 1 heterocycles. The molecule has 0 aliphatic heterocycles. The smallest absolute Gasteiger partial charge is 0.0862 e. The van der Waals surface area contributed by atoms with Crippen molar-refractivity contribution in [3.8, 4) is 0 Å². The van der Waals surface area contributed by atoms with Crippen LogP contribution in [0, 0.1) is 0 Å². The summed E-state index contributed by atoms with van der Waals surface area (Å²) in [7, 11) is 0. The molecule has 0 spiro atoms. The van der Waals surface area contributed by atoms with E-state index >= 15 is 0 Å². The number of hydrogen-bond acceptors (Lipinski definition) is 1. The number of halogens is 2. The Hall–Kier alpha value is -0.470. The molecule has 0 N–H and O–H groups in total. The number of aromatic nitrogens is 2. The molecule has 0 aliphatic rings. The van der Waals surface area contributed by atoms with Gasteiger partial charge >= 0.3 is 0 Å². The van der Waals surface area contributed by atoms with Gasteiger partial charge in [-0.1, -0.05) is 24.6 Å². The first-order chi connectivity index (χ1) is 7.20. The Kier molecular flexibility index (Phi) is 5.20. The summed E-state index contributed by atoms with van der Waals surface area (Å²) in [4.78, 5) is 0. The first kappa shape index (κ1) is 12.6. The van der Waals surface area contributed by atoms with Gasteiger partial charge in [-0.05, 0) is 25.3 Å². The Morgan fingerprint density at radius 3 is 2.93 bits per heavy atom. The number of hydrogen-bond donors (Lipinski definition) is 0. The van der Waals surface area contributed by atoms with Crippen LogP contribution in [0.1, 0.15) is 32.4 Å². The molecule has 0 amide bonds. The van der Waals surface area contributed by atoms with E-state index in [1.165, 1.54) is 0 Å². The number of aryl methyl sites for hydroxylation is 1. The second-order valence-electron chi connectivity index (χ2n) is 3.43. The topological polar surface area (TPSA) is 17.8 Å². The van der Waals surface area contributed by atoms with E-state index in [0.717, 1.165) is 30.7 Å². The van der Waals surface area contributed by atoms with Gasteiger partial charge in [-0.15, -0.1) is 11.6 Å². The summed E-state index contributed by atoms with van der Waals surface area (Å²) in [6, 6.07) is 0. The molecule has 0 aromatic carbocycles. The maximum absolute atomic E-state index is 6.10. The van der Waals surface area contributed by atoms with Gasteiger partial charge in [-0.25, -0.2) is 0 Å². The van der Waals surface area contributed by atoms with Crippen LogP contribution in [0.2, 0.25) is 5.02 Å². The average molecular weight is 247 g/mol. The van der Waals surface area contributed by atoms with Crippen LogP contribution < -0.4 is 0 Å². The lowest BCUT2D eigenvalue weighted by atomic mass is 10.2. The average Bonchev–Trinajstić information content (AvgIpc) is 2.57. The highest BCUT2D eigenvalue weighted by Crippen LogP contribution is 2.24. The maximum Gasteiger partial charge on any atom is 0.0862 e. The highest BCUT2D eigenvalue weighted by Gasteiger charge is 2.09. The lowest BCUT2D eigenvalue weighted by Crippen LogP contribution is -2.03. The SMILES string of the molecule is CCCn1ncc(Cl)c1C(C)=CCCCl. The van der Waals surface area contributed by atoms with E-state index in [-0.39, 0.29) is 0 Å². The molecule has 0 radical (unpaired) electrons. The van der Waals surface area contributed by atoms with E-state index in [1.807, 2.05) is 11.6 Å². The van der Waals surface area contributed by atoms with Gasteiger partial charge in [0, 0.05) is 12.4 Å². The first-order valence-corrected chi connectivity index (χ1v) is 6.06. The predicted molar refractivity (Wildman–Crippen MR) is 66.5 cm³/mol. The number of rotatable bonds is 5. The third-order valence-electron chi connectivity index (χ3n) is 2.16. The molecule has 4 heteroatoms. The fourth-order valence-electron chi connectivity index (χ4n) is 1.50. The van der Waals surface area contributed by atoms with E-state index < -0.39 is 0 Å². The fraction of sp³-hybridized carbons (Fsp3) is 0.545. The number of alkyl halides is 1. The second-order valence-corrected chi connectivity index (χ2v) is 4.21. The van der Waals surface area contributed by atoms with Crippen molar-refractivity contribution in [2.75, 3.05) is 5.88 Å². The van der Waals surface area contributed by atoms with Gasteiger partial charge in [0.2, 0.25) is 0 Å². The summed E-state index contributed by atoms with van der Waals surface area (Å²) in [5.41, 5.74) is 2.16. The standard InChI is InChI=1S/C11H16Cl2N2/c1-3-7-15-11(10(13)8-14-15)9(2)5-4-6-12/h5,8H,3-4,6-7H2,1-2H3. The minimum Gasteiger partial charge on any atom is -0.264 e. The lowest BCUT2D eigenvalue weighted by Gasteiger charge is -2.06. The monoisotopic (exact) mass is 246 g/mol. The molecule has 0 saturated heterocycles. The van der Waals surface area contributed by atoms with Gasteiger partial charge in [0.05, 0.1) is 16.9 Å². The highest BCUT2D eigenvalue weighted by molar-refractivity contribution is 6.32. The van der Waals surface area contributed by atoms with Crippen LogP contribution in [0.4, 0.5) is 0 Å². The molecule has 0 unspecified atom stereocenters. The Morgan fingerprint density at radius 2 is 2.33 bits per heavy atom. The molecular weight excluding hydrogens is 231 g/mol. The van der Waals surface area contributed by atoms with Crippen molar-refractivity contribution in [2.45, 2.75) is 33.2 Å². The summed E-state index contributed by atoms with van der Waals surface area (Å²) in [5.74, 6) is 0.636. The lowest BCUT2D eigenvalue weighted by molar-refractivity contribution is 0.596. The summed E-state index contributed by atoms with van der Waals surface area (Å²) < 4.78 is 1.95. The van der Waals surface area contributed by atoms with Crippen molar-refractivity contribution in [3.63, 3.8) is 0 Å². The summed E-state index contributed by atoms with van der Waals surface area (Å²) >= 11 is 11.7. The predicted octanol–water partition coefficient (Wildman–Crippen LogP) is 3.98. The molecule has 84 valence electrons. The minimum atomic E-state index is 0.636. The van der Waals surface area contributed by atoms with Gasteiger partial charge in [-0.3, -0.25) is 4.68 Å². The van der Waals surface area contributed by atoms with Crippen molar-refractivity contribution in [1.82, 2.24) is 9.78 Å². The summed E-state index contributed by atoms with van der Waals surface area (Å²) in [6.45, 7) is 5.06. The third kappa shape index (κ3) is 3.25. The quantitative estimate of drug-likeness (QED) is 0.719. The molecule has 1 rings (SSSR count). The highest BCUT2D eigenvalue weighted by atomic mass is 35.5. The summed E-state index contributed by atoms with van der Waals surface area (Å²) in [5, 5.41) is 4.96.